The highest BCUT2D eigenvalue weighted by Crippen LogP contribution is 2.48. The lowest BCUT2D eigenvalue weighted by atomic mass is 9.96. The van der Waals surface area contributed by atoms with E-state index in [9.17, 15) is 31.1 Å². The van der Waals surface area contributed by atoms with E-state index in [1.165, 1.54) is 19.1 Å². The van der Waals surface area contributed by atoms with Crippen molar-refractivity contribution in [3.8, 4) is 11.1 Å². The molecule has 5 aromatic rings. The summed E-state index contributed by atoms with van der Waals surface area (Å²) in [6.07, 6.45) is 3.09. The minimum atomic E-state index is -3.05. The highest BCUT2D eigenvalue weighted by Gasteiger charge is 2.51. The quantitative estimate of drug-likeness (QED) is 0.145. The maximum atomic E-state index is 13.7. The fraction of sp³-hybridized carbons (Fsp3) is 0.290. The number of carbonyl (C=O) groups excluding carboxylic acids is 1. The SMILES string of the molecule is CCn1nc(C(F)F)c2c1C(F)(F)C(C)C2.O=CNC(Cc1cc(F)cc(F)c1)c1ncccc1-c1cnc2cc[nH]c2c1. The molecule has 1 aromatic carbocycles. The fourth-order valence-electron chi connectivity index (χ4n) is 5.47. The number of hydrogen-bond donors (Lipinski definition) is 2. The number of alkyl halides is 4. The molecule has 0 bridgehead atoms. The highest BCUT2D eigenvalue weighted by molar-refractivity contribution is 5.81. The van der Waals surface area contributed by atoms with Crippen LogP contribution in [0.2, 0.25) is 0 Å². The first kappa shape index (κ1) is 30.8. The third-order valence-electron chi connectivity index (χ3n) is 7.54. The van der Waals surface area contributed by atoms with Gasteiger partial charge in [0.15, 0.2) is 0 Å². The number of aromatic amines is 1. The molecule has 0 aliphatic heterocycles. The molecule has 0 spiro atoms. The van der Waals surface area contributed by atoms with E-state index in [0.717, 1.165) is 32.9 Å². The Morgan fingerprint density at radius 2 is 1.86 bits per heavy atom. The van der Waals surface area contributed by atoms with Crippen LogP contribution in [0.5, 0.6) is 0 Å². The number of fused-ring (bicyclic) bond motifs is 2. The van der Waals surface area contributed by atoms with Crippen molar-refractivity contribution in [2.45, 2.75) is 51.6 Å². The van der Waals surface area contributed by atoms with Crippen molar-refractivity contribution in [2.24, 2.45) is 5.92 Å². The Labute approximate surface area is 248 Å². The molecule has 44 heavy (non-hydrogen) atoms. The molecule has 4 heterocycles. The molecule has 0 saturated heterocycles. The molecular weight excluding hydrogens is 586 g/mol. The summed E-state index contributed by atoms with van der Waals surface area (Å²) in [4.78, 5) is 23.2. The Kier molecular flexibility index (Phi) is 8.75. The van der Waals surface area contributed by atoms with Crippen LogP contribution >= 0.6 is 0 Å². The number of benzene rings is 1. The number of nitrogens with zero attached hydrogens (tertiary/aromatic N) is 4. The molecule has 2 atom stereocenters. The Bertz CT molecular complexity index is 1760. The summed E-state index contributed by atoms with van der Waals surface area (Å²) in [5.41, 5.74) is 3.56. The van der Waals surface area contributed by atoms with E-state index in [1.54, 1.807) is 31.6 Å². The number of hydrogen-bond acceptors (Lipinski definition) is 4. The van der Waals surface area contributed by atoms with Crippen LogP contribution in [0.1, 0.15) is 54.5 Å². The molecule has 6 rings (SSSR count). The first-order chi connectivity index (χ1) is 21.0. The highest BCUT2D eigenvalue weighted by atomic mass is 19.3. The smallest absolute Gasteiger partial charge is 0.292 e. The maximum absolute atomic E-state index is 13.7. The summed E-state index contributed by atoms with van der Waals surface area (Å²) in [5.74, 6) is -5.31. The second-order valence-electron chi connectivity index (χ2n) is 10.4. The van der Waals surface area contributed by atoms with E-state index in [0.29, 0.717) is 17.7 Å². The van der Waals surface area contributed by atoms with Gasteiger partial charge in [-0.15, -0.1) is 0 Å². The molecule has 0 saturated carbocycles. The summed E-state index contributed by atoms with van der Waals surface area (Å²) in [5, 5.41) is 6.28. The first-order valence-electron chi connectivity index (χ1n) is 13.8. The summed E-state index contributed by atoms with van der Waals surface area (Å²) in [6.45, 7) is 3.16. The molecule has 1 amide bonds. The largest absolute Gasteiger partial charge is 0.360 e. The van der Waals surface area contributed by atoms with Gasteiger partial charge in [-0.05, 0) is 55.7 Å². The van der Waals surface area contributed by atoms with Crippen LogP contribution in [0, 0.1) is 17.6 Å². The normalized spacial score (nSPS) is 16.0. The molecule has 1 aliphatic rings. The first-order valence-corrected chi connectivity index (χ1v) is 13.8. The van der Waals surface area contributed by atoms with E-state index in [4.69, 9.17) is 0 Å². The van der Waals surface area contributed by atoms with E-state index in [-0.39, 0.29) is 30.6 Å². The van der Waals surface area contributed by atoms with Crippen molar-refractivity contribution in [3.63, 3.8) is 0 Å². The molecule has 7 nitrogen and oxygen atoms in total. The topological polar surface area (TPSA) is 88.5 Å². The van der Waals surface area contributed by atoms with Crippen molar-refractivity contribution in [2.75, 3.05) is 0 Å². The number of halogens is 6. The molecule has 0 fully saturated rings. The zero-order chi connectivity index (χ0) is 31.6. The predicted octanol–water partition coefficient (Wildman–Crippen LogP) is 7.06. The second-order valence-corrected chi connectivity index (χ2v) is 10.4. The van der Waals surface area contributed by atoms with Crippen LogP contribution in [0.25, 0.3) is 22.2 Å². The lowest BCUT2D eigenvalue weighted by Crippen LogP contribution is -2.23. The number of aryl methyl sites for hydroxylation is 1. The van der Waals surface area contributed by atoms with Gasteiger partial charge in [-0.2, -0.15) is 13.9 Å². The monoisotopic (exact) mass is 614 g/mol. The van der Waals surface area contributed by atoms with Gasteiger partial charge in [0.1, 0.15) is 23.0 Å². The minimum Gasteiger partial charge on any atom is -0.360 e. The number of pyridine rings is 2. The molecular formula is C31H28F6N6O. The van der Waals surface area contributed by atoms with Crippen LogP contribution in [0.3, 0.4) is 0 Å². The van der Waals surface area contributed by atoms with E-state index in [2.05, 4.69) is 25.4 Å². The van der Waals surface area contributed by atoms with Gasteiger partial charge in [0.2, 0.25) is 6.41 Å². The average molecular weight is 615 g/mol. The number of rotatable bonds is 8. The number of aromatic nitrogens is 5. The summed E-state index contributed by atoms with van der Waals surface area (Å²) in [7, 11) is 0. The number of carbonyl (C=O) groups is 1. The zero-order valence-electron chi connectivity index (χ0n) is 23.7. The van der Waals surface area contributed by atoms with Crippen LogP contribution in [-0.4, -0.2) is 31.1 Å². The Hall–Kier alpha value is -4.68. The number of H-pyrrole nitrogens is 1. The van der Waals surface area contributed by atoms with Gasteiger partial charge in [0.05, 0.1) is 22.8 Å². The summed E-state index contributed by atoms with van der Waals surface area (Å²) < 4.78 is 80.9. The molecule has 13 heteroatoms. The lowest BCUT2D eigenvalue weighted by molar-refractivity contribution is -0.110. The third-order valence-corrected chi connectivity index (χ3v) is 7.54. The predicted molar refractivity (Wildman–Crippen MR) is 151 cm³/mol. The van der Waals surface area contributed by atoms with Crippen LogP contribution in [0.15, 0.2) is 61.1 Å². The van der Waals surface area contributed by atoms with Crippen LogP contribution < -0.4 is 5.32 Å². The molecule has 4 aromatic heterocycles. The standard InChI is InChI=1S/C21H16F2N4O.C10H12F4N2/c22-15-6-13(7-16(23)10-15)8-20(27-12-28)21-17(2-1-4-25-21)14-9-19-18(26-11-14)3-5-24-19;1-3-16-8-6(7(15-16)9(11)12)4-5(2)10(8,13)14/h1-7,9-12,20,24H,8H2,(H,27,28);5,9H,3-4H2,1-2H3. The Morgan fingerprint density at radius 3 is 2.55 bits per heavy atom. The van der Waals surface area contributed by atoms with Gasteiger partial charge in [0.25, 0.3) is 12.3 Å². The molecule has 230 valence electrons. The van der Waals surface area contributed by atoms with Crippen LogP contribution in [-0.2, 0) is 30.1 Å². The van der Waals surface area contributed by atoms with E-state index < -0.39 is 41.6 Å². The van der Waals surface area contributed by atoms with Gasteiger partial charge in [-0.1, -0.05) is 13.0 Å². The molecule has 1 aliphatic carbocycles. The van der Waals surface area contributed by atoms with Crippen LogP contribution in [0.4, 0.5) is 26.3 Å². The van der Waals surface area contributed by atoms with Crippen molar-refractivity contribution in [3.05, 3.63) is 101 Å². The molecule has 2 unspecified atom stereocenters. The van der Waals surface area contributed by atoms with Gasteiger partial charge < -0.3 is 10.3 Å². The van der Waals surface area contributed by atoms with Crippen molar-refractivity contribution in [1.29, 1.82) is 0 Å². The van der Waals surface area contributed by atoms with Gasteiger partial charge >= 0.3 is 0 Å². The number of nitrogens with one attached hydrogen (secondary N) is 2. The average Bonchev–Trinajstić information content (AvgIpc) is 3.66. The van der Waals surface area contributed by atoms with Crippen molar-refractivity contribution < 1.29 is 31.1 Å². The maximum Gasteiger partial charge on any atom is 0.292 e. The van der Waals surface area contributed by atoms with Crippen molar-refractivity contribution >= 4 is 17.4 Å². The van der Waals surface area contributed by atoms with E-state index in [1.807, 2.05) is 18.2 Å². The van der Waals surface area contributed by atoms with Gasteiger partial charge in [-0.25, -0.2) is 17.6 Å². The zero-order valence-corrected chi connectivity index (χ0v) is 23.7. The Morgan fingerprint density at radius 1 is 1.11 bits per heavy atom. The second kappa shape index (κ2) is 12.5. The Balaban J connectivity index is 0.000000204. The van der Waals surface area contributed by atoms with Crippen molar-refractivity contribution in [1.82, 2.24) is 30.0 Å². The summed E-state index contributed by atoms with van der Waals surface area (Å²) >= 11 is 0. The third kappa shape index (κ3) is 6.03. The minimum absolute atomic E-state index is 0.0258. The van der Waals surface area contributed by atoms with Gasteiger partial charge in [0, 0.05) is 53.8 Å². The molecule has 2 N–H and O–H groups in total. The number of amides is 1. The molecule has 0 radical (unpaired) electrons. The fourth-order valence-corrected chi connectivity index (χ4v) is 5.47. The van der Waals surface area contributed by atoms with E-state index >= 15 is 0 Å². The van der Waals surface area contributed by atoms with Gasteiger partial charge in [-0.3, -0.25) is 19.4 Å². The lowest BCUT2D eigenvalue weighted by Gasteiger charge is -2.19. The summed E-state index contributed by atoms with van der Waals surface area (Å²) in [6, 6.07) is 10.2.